The van der Waals surface area contributed by atoms with E-state index in [1.165, 1.54) is 11.2 Å². The van der Waals surface area contributed by atoms with Gasteiger partial charge in [-0.05, 0) is 30.3 Å². The van der Waals surface area contributed by atoms with Gasteiger partial charge in [-0.3, -0.25) is 14.4 Å². The summed E-state index contributed by atoms with van der Waals surface area (Å²) >= 11 is 9.30. The van der Waals surface area contributed by atoms with E-state index in [1.54, 1.807) is 30.3 Å². The molecule has 1 fully saturated rings. The van der Waals surface area contributed by atoms with E-state index in [0.29, 0.717) is 23.0 Å². The Morgan fingerprint density at radius 2 is 2.19 bits per heavy atom. The Morgan fingerprint density at radius 3 is 2.89 bits per heavy atom. The van der Waals surface area contributed by atoms with Gasteiger partial charge in [0.2, 0.25) is 5.91 Å². The van der Waals surface area contributed by atoms with E-state index in [4.69, 9.17) is 20.8 Å². The predicted octanol–water partition coefficient (Wildman–Crippen LogP) is 3.23. The maximum atomic E-state index is 12.2. The standard InChI is InChI=1S/C18H16BrClN2O5/c19-12-3-4-15(14(20)7-12)21-16(23)10-27-18(25)11-6-17(24)22(8-11)9-13-2-1-5-26-13/h1-5,7,11H,6,8-10H2,(H,21,23)/t11-/m1/s1. The molecule has 2 amide bonds. The average Bonchev–Trinajstić information content (AvgIpc) is 3.26. The number of furan rings is 1. The maximum Gasteiger partial charge on any atom is 0.311 e. The Morgan fingerprint density at radius 1 is 1.37 bits per heavy atom. The molecule has 0 saturated carbocycles. The van der Waals surface area contributed by atoms with E-state index in [0.717, 1.165) is 4.47 Å². The van der Waals surface area contributed by atoms with Crippen LogP contribution in [0.5, 0.6) is 0 Å². The van der Waals surface area contributed by atoms with Gasteiger partial charge in [-0.15, -0.1) is 0 Å². The second-order valence-electron chi connectivity index (χ2n) is 6.03. The van der Waals surface area contributed by atoms with Crippen LogP contribution in [0, 0.1) is 5.92 Å². The molecule has 7 nitrogen and oxygen atoms in total. The van der Waals surface area contributed by atoms with Gasteiger partial charge in [0.05, 0.1) is 29.4 Å². The van der Waals surface area contributed by atoms with Crippen molar-refractivity contribution < 1.29 is 23.5 Å². The molecule has 1 aliphatic heterocycles. The highest BCUT2D eigenvalue weighted by molar-refractivity contribution is 9.10. The van der Waals surface area contributed by atoms with Crippen LogP contribution in [0.4, 0.5) is 5.69 Å². The molecule has 1 aliphatic rings. The SMILES string of the molecule is O=C(COC(=O)[C@@H]1CC(=O)N(Cc2ccco2)C1)Nc1ccc(Br)cc1Cl. The molecule has 3 rings (SSSR count). The molecule has 2 aromatic rings. The number of hydrogen-bond acceptors (Lipinski definition) is 5. The van der Waals surface area contributed by atoms with Crippen molar-refractivity contribution >= 4 is 51.0 Å². The zero-order valence-corrected chi connectivity index (χ0v) is 16.5. The molecule has 1 saturated heterocycles. The number of hydrogen-bond donors (Lipinski definition) is 1. The quantitative estimate of drug-likeness (QED) is 0.676. The van der Waals surface area contributed by atoms with Crippen LogP contribution in [0.3, 0.4) is 0 Å². The summed E-state index contributed by atoms with van der Waals surface area (Å²) in [4.78, 5) is 37.7. The van der Waals surface area contributed by atoms with E-state index in [9.17, 15) is 14.4 Å². The summed E-state index contributed by atoms with van der Waals surface area (Å²) < 4.78 is 11.0. The molecule has 0 radical (unpaired) electrons. The van der Waals surface area contributed by atoms with Crippen molar-refractivity contribution in [3.05, 3.63) is 51.9 Å². The van der Waals surface area contributed by atoms with E-state index in [-0.39, 0.29) is 18.9 Å². The van der Waals surface area contributed by atoms with Crippen molar-refractivity contribution in [2.24, 2.45) is 5.92 Å². The van der Waals surface area contributed by atoms with Gasteiger partial charge in [-0.1, -0.05) is 27.5 Å². The smallest absolute Gasteiger partial charge is 0.311 e. The predicted molar refractivity (Wildman–Crippen MR) is 101 cm³/mol. The highest BCUT2D eigenvalue weighted by Gasteiger charge is 2.35. The van der Waals surface area contributed by atoms with E-state index < -0.39 is 24.4 Å². The minimum absolute atomic E-state index is 0.0553. The van der Waals surface area contributed by atoms with Crippen molar-refractivity contribution in [1.29, 1.82) is 0 Å². The molecule has 0 aliphatic carbocycles. The Balaban J connectivity index is 1.47. The van der Waals surface area contributed by atoms with Gasteiger partial charge >= 0.3 is 5.97 Å². The van der Waals surface area contributed by atoms with Gasteiger partial charge in [0, 0.05) is 17.4 Å². The van der Waals surface area contributed by atoms with Gasteiger partial charge in [-0.25, -0.2) is 0 Å². The summed E-state index contributed by atoms with van der Waals surface area (Å²) in [6.07, 6.45) is 1.58. The molecule has 1 aromatic heterocycles. The second kappa shape index (κ2) is 8.58. The molecule has 0 bridgehead atoms. The normalized spacial score (nSPS) is 16.4. The molecule has 0 spiro atoms. The number of ether oxygens (including phenoxy) is 1. The van der Waals surface area contributed by atoms with Crippen molar-refractivity contribution in [3.63, 3.8) is 0 Å². The van der Waals surface area contributed by atoms with E-state index in [2.05, 4.69) is 21.2 Å². The zero-order chi connectivity index (χ0) is 19.4. The van der Waals surface area contributed by atoms with Crippen LogP contribution in [0.15, 0.2) is 45.5 Å². The second-order valence-corrected chi connectivity index (χ2v) is 7.36. The van der Waals surface area contributed by atoms with Crippen LogP contribution in [-0.4, -0.2) is 35.8 Å². The highest BCUT2D eigenvalue weighted by atomic mass is 79.9. The van der Waals surface area contributed by atoms with Crippen molar-refractivity contribution in [3.8, 4) is 0 Å². The molecule has 0 unspecified atom stereocenters. The van der Waals surface area contributed by atoms with Crippen molar-refractivity contribution in [2.45, 2.75) is 13.0 Å². The van der Waals surface area contributed by atoms with E-state index >= 15 is 0 Å². The van der Waals surface area contributed by atoms with Gasteiger partial charge in [0.25, 0.3) is 5.91 Å². The summed E-state index contributed by atoms with van der Waals surface area (Å²) in [6, 6.07) is 8.49. The number of amides is 2. The summed E-state index contributed by atoms with van der Waals surface area (Å²) in [6.45, 7) is 0.0881. The fourth-order valence-electron chi connectivity index (χ4n) is 2.71. The number of rotatable bonds is 6. The Labute approximate surface area is 168 Å². The fourth-order valence-corrected chi connectivity index (χ4v) is 3.43. The van der Waals surface area contributed by atoms with Gasteiger partial charge < -0.3 is 19.4 Å². The first-order valence-electron chi connectivity index (χ1n) is 8.14. The van der Waals surface area contributed by atoms with Gasteiger partial charge in [-0.2, -0.15) is 0 Å². The Hall–Kier alpha value is -2.32. The van der Waals surface area contributed by atoms with Crippen LogP contribution in [0.2, 0.25) is 5.02 Å². The number of carbonyl (C=O) groups excluding carboxylic acids is 3. The molecule has 1 N–H and O–H groups in total. The summed E-state index contributed by atoms with van der Waals surface area (Å²) in [5, 5.41) is 2.93. The first-order chi connectivity index (χ1) is 12.9. The summed E-state index contributed by atoms with van der Waals surface area (Å²) in [5.41, 5.74) is 0.418. The number of benzene rings is 1. The highest BCUT2D eigenvalue weighted by Crippen LogP contribution is 2.26. The third-order valence-corrected chi connectivity index (χ3v) is 4.83. The number of carbonyl (C=O) groups is 3. The lowest BCUT2D eigenvalue weighted by molar-refractivity contribution is -0.151. The number of nitrogens with one attached hydrogen (secondary N) is 1. The fraction of sp³-hybridized carbons (Fsp3) is 0.278. The van der Waals surface area contributed by atoms with Crippen molar-refractivity contribution in [2.75, 3.05) is 18.5 Å². The zero-order valence-electron chi connectivity index (χ0n) is 14.1. The average molecular weight is 456 g/mol. The monoisotopic (exact) mass is 454 g/mol. The van der Waals surface area contributed by atoms with Crippen LogP contribution in [0.25, 0.3) is 0 Å². The number of anilines is 1. The molecule has 27 heavy (non-hydrogen) atoms. The minimum Gasteiger partial charge on any atom is -0.467 e. The van der Waals surface area contributed by atoms with Crippen LogP contribution >= 0.6 is 27.5 Å². The minimum atomic E-state index is -0.600. The molecule has 1 aromatic carbocycles. The maximum absolute atomic E-state index is 12.2. The molecule has 2 heterocycles. The van der Waals surface area contributed by atoms with Crippen molar-refractivity contribution in [1.82, 2.24) is 4.90 Å². The van der Waals surface area contributed by atoms with Gasteiger partial charge in [0.1, 0.15) is 5.76 Å². The first kappa shape index (κ1) is 19.4. The van der Waals surface area contributed by atoms with Crippen LogP contribution < -0.4 is 5.32 Å². The third-order valence-electron chi connectivity index (χ3n) is 4.03. The van der Waals surface area contributed by atoms with Gasteiger partial charge in [0.15, 0.2) is 6.61 Å². The molecule has 142 valence electrons. The lowest BCUT2D eigenvalue weighted by atomic mass is 10.1. The molecule has 9 heteroatoms. The topological polar surface area (TPSA) is 88.9 Å². The number of nitrogens with zero attached hydrogens (tertiary/aromatic N) is 1. The first-order valence-corrected chi connectivity index (χ1v) is 9.31. The van der Waals surface area contributed by atoms with Crippen LogP contribution in [-0.2, 0) is 25.7 Å². The summed E-state index contributed by atoms with van der Waals surface area (Å²) in [5.74, 6) is -1.20. The summed E-state index contributed by atoms with van der Waals surface area (Å²) in [7, 11) is 0. The Bertz CT molecular complexity index is 855. The van der Waals surface area contributed by atoms with Crippen LogP contribution in [0.1, 0.15) is 12.2 Å². The third kappa shape index (κ3) is 5.11. The molecular formula is C18H16BrClN2O5. The number of esters is 1. The lowest BCUT2D eigenvalue weighted by Gasteiger charge is -2.14. The molecular weight excluding hydrogens is 440 g/mol. The van der Waals surface area contributed by atoms with E-state index in [1.807, 2.05) is 0 Å². The Kier molecular flexibility index (Phi) is 6.18. The largest absolute Gasteiger partial charge is 0.467 e. The number of halogens is 2. The number of likely N-dealkylation sites (tertiary alicyclic amines) is 1. The molecule has 1 atom stereocenters. The lowest BCUT2D eigenvalue weighted by Crippen LogP contribution is -2.28.